The summed E-state index contributed by atoms with van der Waals surface area (Å²) in [5, 5.41) is 10.2. The highest BCUT2D eigenvalue weighted by molar-refractivity contribution is 5.74. The molecule has 10 atom stereocenters. The van der Waals surface area contributed by atoms with Crippen LogP contribution >= 0.6 is 0 Å². The van der Waals surface area contributed by atoms with Crippen LogP contribution in [0.1, 0.15) is 139 Å². The van der Waals surface area contributed by atoms with Gasteiger partial charge < -0.3 is 14.6 Å². The first kappa shape index (κ1) is 34.0. The van der Waals surface area contributed by atoms with Gasteiger partial charge in [0.1, 0.15) is 6.10 Å². The maximum Gasteiger partial charge on any atom is 0.306 e. The molecule has 0 amide bonds. The van der Waals surface area contributed by atoms with Crippen LogP contribution in [0.25, 0.3) is 0 Å². The second kappa shape index (κ2) is 11.4. The SMILES string of the molecule is C=C(C)[C@@H]1CC[C@]2(CCO)CC[C@]3(C)[C@H](CCC4[C@@]5(C)CC[C@H](OC(=O)CC(C)(C)CC(=O)OC)C(C)(C)[C@@H]5CC[C@]43C)[C@@H]12. The van der Waals surface area contributed by atoms with Crippen LogP contribution < -0.4 is 0 Å². The number of allylic oxidation sites excluding steroid dienone is 1. The number of aliphatic hydroxyl groups excluding tert-OH is 1. The molecule has 0 aliphatic heterocycles. The normalized spacial score (nSPS) is 44.4. The van der Waals surface area contributed by atoms with Crippen molar-refractivity contribution in [2.45, 2.75) is 145 Å². The topological polar surface area (TPSA) is 72.8 Å². The van der Waals surface area contributed by atoms with E-state index in [1.807, 2.05) is 13.8 Å². The molecule has 0 radical (unpaired) electrons. The van der Waals surface area contributed by atoms with Gasteiger partial charge in [0.05, 0.1) is 20.0 Å². The summed E-state index contributed by atoms with van der Waals surface area (Å²) in [6.07, 6.45) is 13.4. The molecule has 5 fully saturated rings. The van der Waals surface area contributed by atoms with Crippen molar-refractivity contribution in [3.05, 3.63) is 12.2 Å². The van der Waals surface area contributed by atoms with Crippen LogP contribution in [0, 0.1) is 62.1 Å². The van der Waals surface area contributed by atoms with E-state index in [1.54, 1.807) is 0 Å². The van der Waals surface area contributed by atoms with Gasteiger partial charge in [0.2, 0.25) is 0 Å². The third kappa shape index (κ3) is 5.12. The summed E-state index contributed by atoms with van der Waals surface area (Å²) in [5.74, 6) is 2.66. The summed E-state index contributed by atoms with van der Waals surface area (Å²) in [5.41, 5.74) is 1.87. The van der Waals surface area contributed by atoms with Crippen molar-refractivity contribution >= 4 is 11.9 Å². The van der Waals surface area contributed by atoms with Gasteiger partial charge in [-0.25, -0.2) is 0 Å². The average Bonchev–Trinajstić information content (AvgIpc) is 3.30. The van der Waals surface area contributed by atoms with Crippen LogP contribution in [-0.2, 0) is 19.1 Å². The van der Waals surface area contributed by atoms with E-state index in [0.29, 0.717) is 47.0 Å². The van der Waals surface area contributed by atoms with E-state index in [4.69, 9.17) is 9.47 Å². The first-order valence-corrected chi connectivity index (χ1v) is 17.9. The van der Waals surface area contributed by atoms with Gasteiger partial charge >= 0.3 is 11.9 Å². The van der Waals surface area contributed by atoms with E-state index in [9.17, 15) is 14.7 Å². The molecule has 5 aliphatic rings. The number of carbonyl (C=O) groups excluding carboxylic acids is 2. The first-order chi connectivity index (χ1) is 20.4. The molecular weight excluding hydrogens is 548 g/mol. The largest absolute Gasteiger partial charge is 0.469 e. The molecule has 0 heterocycles. The summed E-state index contributed by atoms with van der Waals surface area (Å²) in [4.78, 5) is 25.1. The number of esters is 2. The molecule has 1 unspecified atom stereocenters. The van der Waals surface area contributed by atoms with Gasteiger partial charge in [-0.3, -0.25) is 9.59 Å². The van der Waals surface area contributed by atoms with E-state index in [0.717, 1.165) is 19.3 Å². The molecule has 0 bridgehead atoms. The number of rotatable bonds is 8. The molecule has 0 aromatic carbocycles. The van der Waals surface area contributed by atoms with E-state index >= 15 is 0 Å². The molecular formula is C39H64O5. The Bertz CT molecular complexity index is 1140. The number of hydrogen-bond donors (Lipinski definition) is 1. The molecule has 5 heteroatoms. The number of carbonyl (C=O) groups is 2. The van der Waals surface area contributed by atoms with Crippen LogP contribution in [0.4, 0.5) is 0 Å². The molecule has 0 aromatic heterocycles. The Morgan fingerprint density at radius 2 is 1.52 bits per heavy atom. The van der Waals surface area contributed by atoms with Crippen LogP contribution in [0.2, 0.25) is 0 Å². The monoisotopic (exact) mass is 612 g/mol. The lowest BCUT2D eigenvalue weighted by Crippen LogP contribution is -2.66. The Hall–Kier alpha value is -1.36. The van der Waals surface area contributed by atoms with Gasteiger partial charge in [0, 0.05) is 12.0 Å². The molecule has 5 saturated carbocycles. The molecule has 5 aliphatic carbocycles. The summed E-state index contributed by atoms with van der Waals surface area (Å²) in [6, 6.07) is 0. The van der Waals surface area contributed by atoms with Gasteiger partial charge in [-0.2, -0.15) is 0 Å². The van der Waals surface area contributed by atoms with Crippen molar-refractivity contribution in [3.8, 4) is 0 Å². The van der Waals surface area contributed by atoms with Crippen molar-refractivity contribution in [2.75, 3.05) is 13.7 Å². The second-order valence-corrected chi connectivity index (χ2v) is 18.5. The summed E-state index contributed by atoms with van der Waals surface area (Å²) in [7, 11) is 1.40. The van der Waals surface area contributed by atoms with Gasteiger partial charge in [-0.05, 0) is 134 Å². The Morgan fingerprint density at radius 3 is 2.16 bits per heavy atom. The maximum absolute atomic E-state index is 13.2. The van der Waals surface area contributed by atoms with E-state index < -0.39 is 5.41 Å². The fraction of sp³-hybridized carbons (Fsp3) is 0.897. The number of hydrogen-bond acceptors (Lipinski definition) is 5. The highest BCUT2D eigenvalue weighted by Gasteiger charge is 2.71. The van der Waals surface area contributed by atoms with Crippen molar-refractivity contribution in [1.29, 1.82) is 0 Å². The summed E-state index contributed by atoms with van der Waals surface area (Å²) >= 11 is 0. The molecule has 44 heavy (non-hydrogen) atoms. The number of aliphatic hydroxyl groups is 1. The molecule has 1 N–H and O–H groups in total. The second-order valence-electron chi connectivity index (χ2n) is 18.5. The summed E-state index contributed by atoms with van der Waals surface area (Å²) in [6.45, 7) is 23.6. The predicted octanol–water partition coefficient (Wildman–Crippen LogP) is 8.92. The lowest BCUT2D eigenvalue weighted by atomic mass is 9.32. The van der Waals surface area contributed by atoms with Crippen molar-refractivity contribution < 1.29 is 24.2 Å². The smallest absolute Gasteiger partial charge is 0.306 e. The Balaban J connectivity index is 1.37. The molecule has 0 aromatic rings. The fourth-order valence-corrected chi connectivity index (χ4v) is 13.2. The molecule has 0 saturated heterocycles. The highest BCUT2D eigenvalue weighted by Crippen LogP contribution is 2.78. The third-order valence-corrected chi connectivity index (χ3v) is 15.5. The Morgan fingerprint density at radius 1 is 0.841 bits per heavy atom. The van der Waals surface area contributed by atoms with Crippen molar-refractivity contribution in [1.82, 2.24) is 0 Å². The predicted molar refractivity (Wildman–Crippen MR) is 176 cm³/mol. The molecule has 0 spiro atoms. The highest BCUT2D eigenvalue weighted by atomic mass is 16.5. The van der Waals surface area contributed by atoms with E-state index in [2.05, 4.69) is 48.1 Å². The minimum atomic E-state index is -0.491. The van der Waals surface area contributed by atoms with Crippen LogP contribution in [0.5, 0.6) is 0 Å². The zero-order valence-corrected chi connectivity index (χ0v) is 29.7. The fourth-order valence-electron chi connectivity index (χ4n) is 13.2. The molecule has 5 nitrogen and oxygen atoms in total. The Labute approximate surface area is 268 Å². The zero-order valence-electron chi connectivity index (χ0n) is 29.7. The standard InChI is InChI=1S/C39H64O5/c1-25(2)26-13-18-39(21-22-40)20-19-37(8)27(33(26)39)11-12-29-36(7)16-15-30(35(5,6)28(36)14-17-38(29,37)9)44-32(42)24-34(3,4)23-31(41)43-10/h26-30,33,40H,1,11-24H2,2-10H3/t26-,27+,28-,29?,30-,33+,36-,37+,38+,39+/m0/s1. The lowest BCUT2D eigenvalue weighted by Gasteiger charge is -2.73. The average molecular weight is 613 g/mol. The molecule has 250 valence electrons. The first-order valence-electron chi connectivity index (χ1n) is 17.9. The number of fused-ring (bicyclic) bond motifs is 7. The van der Waals surface area contributed by atoms with Crippen molar-refractivity contribution in [2.24, 2.45) is 62.1 Å². The van der Waals surface area contributed by atoms with Gasteiger partial charge in [-0.1, -0.05) is 60.6 Å². The number of methoxy groups -OCH3 is 1. The zero-order chi connectivity index (χ0) is 32.5. The van der Waals surface area contributed by atoms with Crippen LogP contribution in [-0.4, -0.2) is 36.9 Å². The molecule has 5 rings (SSSR count). The van der Waals surface area contributed by atoms with Gasteiger partial charge in [0.25, 0.3) is 0 Å². The lowest BCUT2D eigenvalue weighted by molar-refractivity contribution is -0.251. The third-order valence-electron chi connectivity index (χ3n) is 15.5. The van der Waals surface area contributed by atoms with E-state index in [1.165, 1.54) is 64.0 Å². The van der Waals surface area contributed by atoms with Crippen LogP contribution in [0.3, 0.4) is 0 Å². The van der Waals surface area contributed by atoms with Gasteiger partial charge in [0.15, 0.2) is 0 Å². The van der Waals surface area contributed by atoms with Gasteiger partial charge in [-0.15, -0.1) is 0 Å². The minimum absolute atomic E-state index is 0.0955. The number of ether oxygens (including phenoxy) is 2. The maximum atomic E-state index is 13.2. The van der Waals surface area contributed by atoms with Crippen molar-refractivity contribution in [3.63, 3.8) is 0 Å². The quantitative estimate of drug-likeness (QED) is 0.219. The van der Waals surface area contributed by atoms with E-state index in [-0.39, 0.29) is 47.1 Å². The summed E-state index contributed by atoms with van der Waals surface area (Å²) < 4.78 is 11.2. The Kier molecular flexibility index (Phi) is 8.81. The minimum Gasteiger partial charge on any atom is -0.469 e. The van der Waals surface area contributed by atoms with Crippen LogP contribution in [0.15, 0.2) is 12.2 Å².